The summed E-state index contributed by atoms with van der Waals surface area (Å²) in [6, 6.07) is 14.8. The van der Waals surface area contributed by atoms with Crippen molar-refractivity contribution in [3.8, 4) is 5.75 Å². The average Bonchev–Trinajstić information content (AvgIpc) is 3.03. The maximum atomic E-state index is 10.3. The van der Waals surface area contributed by atoms with Crippen LogP contribution in [0.4, 0.5) is 5.69 Å². The van der Waals surface area contributed by atoms with Gasteiger partial charge in [0.15, 0.2) is 0 Å². The van der Waals surface area contributed by atoms with Gasteiger partial charge in [-0.3, -0.25) is 0 Å². The zero-order chi connectivity index (χ0) is 30.3. The van der Waals surface area contributed by atoms with Crippen molar-refractivity contribution in [1.82, 2.24) is 5.32 Å². The zero-order valence-electron chi connectivity index (χ0n) is 26.0. The van der Waals surface area contributed by atoms with E-state index in [2.05, 4.69) is 46.6 Å². The van der Waals surface area contributed by atoms with Crippen molar-refractivity contribution >= 4 is 5.69 Å². The minimum atomic E-state index is -0.686. The van der Waals surface area contributed by atoms with Gasteiger partial charge >= 0.3 is 0 Å². The standard InChI is InChI=1S/C33H50N2O8/c1-37-14-4-12-35-13-17-41-30-11-8-26(18-29(30)35)22-42-31-19-34-20-32(43-24-28(36)23-39-3)33(31)27-9-6-25(7-10-27)21-40-16-5-15-38-2/h6-11,18,28,31-34,36H,4-5,12-17,19-24H2,1-3H3/t28-,31+,32-,33?/m1/s1. The van der Waals surface area contributed by atoms with Crippen LogP contribution in [-0.2, 0) is 41.6 Å². The van der Waals surface area contributed by atoms with Gasteiger partial charge in [0.1, 0.15) is 18.5 Å². The Morgan fingerprint density at radius 2 is 1.60 bits per heavy atom. The summed E-state index contributed by atoms with van der Waals surface area (Å²) >= 11 is 0. The molecule has 2 heterocycles. The summed E-state index contributed by atoms with van der Waals surface area (Å²) in [5, 5.41) is 13.8. The molecule has 1 saturated heterocycles. The summed E-state index contributed by atoms with van der Waals surface area (Å²) < 4.78 is 40.1. The third-order valence-electron chi connectivity index (χ3n) is 7.85. The molecule has 10 nitrogen and oxygen atoms in total. The van der Waals surface area contributed by atoms with Gasteiger partial charge in [0, 0.05) is 66.7 Å². The minimum absolute atomic E-state index is 0.0147. The molecule has 0 aromatic heterocycles. The molecule has 2 aliphatic rings. The molecular formula is C33H50N2O8. The SMILES string of the molecule is COCCCOCc1ccc(C2[C@@H](OCc3ccc4c(c3)N(CCCOC)CCO4)CNC[C@H]2OC[C@H](O)COC)cc1. The Hall–Kier alpha value is -2.28. The smallest absolute Gasteiger partial charge is 0.142 e. The van der Waals surface area contributed by atoms with Gasteiger partial charge in [0.2, 0.25) is 0 Å². The minimum Gasteiger partial charge on any atom is -0.490 e. The number of methoxy groups -OCH3 is 3. The van der Waals surface area contributed by atoms with E-state index in [1.807, 2.05) is 6.07 Å². The molecule has 2 aliphatic heterocycles. The van der Waals surface area contributed by atoms with E-state index in [1.54, 1.807) is 21.3 Å². The van der Waals surface area contributed by atoms with E-state index in [1.165, 1.54) is 0 Å². The number of fused-ring (bicyclic) bond motifs is 1. The van der Waals surface area contributed by atoms with Crippen LogP contribution in [0.5, 0.6) is 5.75 Å². The zero-order valence-corrected chi connectivity index (χ0v) is 26.0. The molecule has 1 unspecified atom stereocenters. The monoisotopic (exact) mass is 602 g/mol. The molecule has 0 bridgehead atoms. The summed E-state index contributed by atoms with van der Waals surface area (Å²) in [6.07, 6.45) is 0.855. The molecule has 0 spiro atoms. The molecule has 2 aromatic rings. The molecule has 10 heteroatoms. The lowest BCUT2D eigenvalue weighted by atomic mass is 9.85. The van der Waals surface area contributed by atoms with Crippen molar-refractivity contribution < 1.29 is 38.3 Å². The van der Waals surface area contributed by atoms with Crippen LogP contribution in [0, 0.1) is 0 Å². The van der Waals surface area contributed by atoms with E-state index in [9.17, 15) is 5.11 Å². The number of anilines is 1. The Morgan fingerprint density at radius 1 is 0.860 bits per heavy atom. The molecule has 1 fully saturated rings. The lowest BCUT2D eigenvalue weighted by molar-refractivity contribution is -0.0856. The molecule has 43 heavy (non-hydrogen) atoms. The first-order chi connectivity index (χ1) is 21.1. The topological polar surface area (TPSA) is 100 Å². The van der Waals surface area contributed by atoms with Gasteiger partial charge in [0.05, 0.1) is 50.9 Å². The molecule has 0 saturated carbocycles. The Morgan fingerprint density at radius 3 is 2.37 bits per heavy atom. The van der Waals surface area contributed by atoms with Gasteiger partial charge in [-0.2, -0.15) is 0 Å². The summed E-state index contributed by atoms with van der Waals surface area (Å²) in [5.41, 5.74) is 4.46. The van der Waals surface area contributed by atoms with Crippen LogP contribution in [-0.4, -0.2) is 111 Å². The van der Waals surface area contributed by atoms with Crippen molar-refractivity contribution in [1.29, 1.82) is 0 Å². The average molecular weight is 603 g/mol. The summed E-state index contributed by atoms with van der Waals surface area (Å²) in [6.45, 7) is 7.38. The fourth-order valence-corrected chi connectivity index (χ4v) is 5.67. The van der Waals surface area contributed by atoms with Gasteiger partial charge in [0.25, 0.3) is 0 Å². The number of aliphatic hydroxyl groups excluding tert-OH is 1. The highest BCUT2D eigenvalue weighted by Crippen LogP contribution is 2.34. The molecular weight excluding hydrogens is 552 g/mol. The van der Waals surface area contributed by atoms with Crippen molar-refractivity contribution in [2.24, 2.45) is 0 Å². The maximum Gasteiger partial charge on any atom is 0.142 e. The molecule has 0 aliphatic carbocycles. The van der Waals surface area contributed by atoms with Crippen LogP contribution >= 0.6 is 0 Å². The third-order valence-corrected chi connectivity index (χ3v) is 7.85. The predicted molar refractivity (Wildman–Crippen MR) is 165 cm³/mol. The van der Waals surface area contributed by atoms with E-state index >= 15 is 0 Å². The van der Waals surface area contributed by atoms with Crippen LogP contribution in [0.1, 0.15) is 35.4 Å². The summed E-state index contributed by atoms with van der Waals surface area (Å²) in [7, 11) is 5.02. The predicted octanol–water partition coefficient (Wildman–Crippen LogP) is 3.14. The fourth-order valence-electron chi connectivity index (χ4n) is 5.67. The van der Waals surface area contributed by atoms with Gasteiger partial charge < -0.3 is 48.5 Å². The number of hydrogen-bond donors (Lipinski definition) is 2. The van der Waals surface area contributed by atoms with E-state index < -0.39 is 6.10 Å². The molecule has 240 valence electrons. The van der Waals surface area contributed by atoms with Crippen LogP contribution in [0.3, 0.4) is 0 Å². The first-order valence-corrected chi connectivity index (χ1v) is 15.4. The van der Waals surface area contributed by atoms with E-state index in [4.69, 9.17) is 33.2 Å². The summed E-state index contributed by atoms with van der Waals surface area (Å²) in [5.74, 6) is 0.898. The first-order valence-electron chi connectivity index (χ1n) is 15.4. The number of benzene rings is 2. The van der Waals surface area contributed by atoms with Gasteiger partial charge in [-0.05, 0) is 41.7 Å². The Balaban J connectivity index is 1.45. The lowest BCUT2D eigenvalue weighted by Crippen LogP contribution is -2.51. The third kappa shape index (κ3) is 10.4. The van der Waals surface area contributed by atoms with Crippen LogP contribution < -0.4 is 15.0 Å². The highest BCUT2D eigenvalue weighted by molar-refractivity contribution is 5.61. The Kier molecular flexibility index (Phi) is 14.5. The van der Waals surface area contributed by atoms with Crippen LogP contribution in [0.25, 0.3) is 0 Å². The Bertz CT molecular complexity index is 1060. The second kappa shape index (κ2) is 18.5. The molecule has 2 N–H and O–H groups in total. The Labute approximate surface area is 256 Å². The van der Waals surface area contributed by atoms with Crippen molar-refractivity contribution in [2.75, 3.05) is 92.0 Å². The molecule has 4 rings (SSSR count). The molecule has 4 atom stereocenters. The van der Waals surface area contributed by atoms with Crippen molar-refractivity contribution in [2.45, 2.75) is 50.3 Å². The van der Waals surface area contributed by atoms with Gasteiger partial charge in [-0.25, -0.2) is 0 Å². The van der Waals surface area contributed by atoms with Gasteiger partial charge in [-0.1, -0.05) is 30.3 Å². The van der Waals surface area contributed by atoms with Crippen molar-refractivity contribution in [3.05, 3.63) is 59.2 Å². The van der Waals surface area contributed by atoms with Crippen LogP contribution in [0.2, 0.25) is 0 Å². The van der Waals surface area contributed by atoms with Crippen LogP contribution in [0.15, 0.2) is 42.5 Å². The quantitative estimate of drug-likeness (QED) is 0.233. The lowest BCUT2D eigenvalue weighted by Gasteiger charge is -2.39. The second-order valence-corrected chi connectivity index (χ2v) is 11.1. The van der Waals surface area contributed by atoms with E-state index in [-0.39, 0.29) is 31.3 Å². The summed E-state index contributed by atoms with van der Waals surface area (Å²) in [4.78, 5) is 2.37. The number of hydrogen-bond acceptors (Lipinski definition) is 10. The number of piperidine rings is 1. The fraction of sp³-hybridized carbons (Fsp3) is 0.636. The molecule has 2 aromatic carbocycles. The normalized spacial score (nSPS) is 20.9. The number of nitrogens with one attached hydrogen (secondary N) is 1. The number of nitrogens with zero attached hydrogens (tertiary/aromatic N) is 1. The highest BCUT2D eigenvalue weighted by Gasteiger charge is 2.36. The maximum absolute atomic E-state index is 10.3. The van der Waals surface area contributed by atoms with E-state index in [0.717, 1.165) is 60.7 Å². The molecule has 0 radical (unpaired) electrons. The second-order valence-electron chi connectivity index (χ2n) is 11.1. The van der Waals surface area contributed by atoms with Gasteiger partial charge in [-0.15, -0.1) is 0 Å². The van der Waals surface area contributed by atoms with Crippen molar-refractivity contribution in [3.63, 3.8) is 0 Å². The first kappa shape index (κ1) is 33.6. The highest BCUT2D eigenvalue weighted by atomic mass is 16.5. The number of rotatable bonds is 19. The van der Waals surface area contributed by atoms with E-state index in [0.29, 0.717) is 46.1 Å². The number of aliphatic hydroxyl groups is 1. The molecule has 0 amide bonds. The number of ether oxygens (including phenoxy) is 7. The largest absolute Gasteiger partial charge is 0.490 e.